The molecule has 0 atom stereocenters. The Morgan fingerprint density at radius 3 is 2.37 bits per heavy atom. The molecule has 5 nitrogen and oxygen atoms in total. The van der Waals surface area contributed by atoms with E-state index in [2.05, 4.69) is 5.32 Å². The van der Waals surface area contributed by atoms with Crippen molar-refractivity contribution in [3.05, 3.63) is 70.9 Å². The van der Waals surface area contributed by atoms with Gasteiger partial charge >= 0.3 is 0 Å². The summed E-state index contributed by atoms with van der Waals surface area (Å²) in [6, 6.07) is 16.2. The molecule has 27 heavy (non-hydrogen) atoms. The van der Waals surface area contributed by atoms with Crippen LogP contribution in [-0.2, 0) is 14.3 Å². The van der Waals surface area contributed by atoms with Crippen molar-refractivity contribution in [2.75, 3.05) is 25.1 Å². The van der Waals surface area contributed by atoms with Crippen LogP contribution in [0.15, 0.2) is 60.3 Å². The fourth-order valence-corrected chi connectivity index (χ4v) is 3.04. The van der Waals surface area contributed by atoms with Gasteiger partial charge in [-0.05, 0) is 43.2 Å². The Hall–Kier alpha value is -2.63. The van der Waals surface area contributed by atoms with Gasteiger partial charge < -0.3 is 10.1 Å². The average molecular weight is 385 g/mol. The van der Waals surface area contributed by atoms with Gasteiger partial charge in [-0.3, -0.25) is 14.5 Å². The smallest absolute Gasteiger partial charge is 0.278 e. The van der Waals surface area contributed by atoms with Gasteiger partial charge in [0.2, 0.25) is 0 Å². The second-order valence-electron chi connectivity index (χ2n) is 6.06. The summed E-state index contributed by atoms with van der Waals surface area (Å²) in [5, 5.41) is 3.69. The van der Waals surface area contributed by atoms with E-state index in [0.29, 0.717) is 42.3 Å². The van der Waals surface area contributed by atoms with Crippen LogP contribution >= 0.6 is 11.6 Å². The van der Waals surface area contributed by atoms with Crippen LogP contribution in [-0.4, -0.2) is 36.5 Å². The van der Waals surface area contributed by atoms with Crippen molar-refractivity contribution in [2.45, 2.75) is 13.3 Å². The Labute approximate surface area is 163 Å². The number of anilines is 1. The number of halogens is 1. The summed E-state index contributed by atoms with van der Waals surface area (Å²) in [6.45, 7) is 3.34. The molecule has 0 unspecified atom stereocenters. The zero-order valence-corrected chi connectivity index (χ0v) is 15.8. The van der Waals surface area contributed by atoms with Gasteiger partial charge in [-0.2, -0.15) is 0 Å². The first-order valence-electron chi connectivity index (χ1n) is 8.88. The lowest BCUT2D eigenvalue weighted by Gasteiger charge is -2.15. The number of para-hydroxylation sites is 1. The minimum Gasteiger partial charge on any atom is -0.382 e. The van der Waals surface area contributed by atoms with Gasteiger partial charge in [-0.15, -0.1) is 0 Å². The quantitative estimate of drug-likeness (QED) is 0.553. The molecule has 0 saturated heterocycles. The fraction of sp³-hybridized carbons (Fsp3) is 0.238. The van der Waals surface area contributed by atoms with Crippen molar-refractivity contribution in [2.24, 2.45) is 0 Å². The topological polar surface area (TPSA) is 58.6 Å². The molecule has 2 amide bonds. The van der Waals surface area contributed by atoms with Crippen molar-refractivity contribution in [1.29, 1.82) is 0 Å². The molecule has 2 aromatic carbocycles. The van der Waals surface area contributed by atoms with Crippen molar-refractivity contribution in [1.82, 2.24) is 4.90 Å². The van der Waals surface area contributed by atoms with Crippen LogP contribution in [0.25, 0.3) is 5.57 Å². The minimum absolute atomic E-state index is 0.282. The van der Waals surface area contributed by atoms with E-state index in [4.69, 9.17) is 16.3 Å². The number of ether oxygens (including phenoxy) is 1. The van der Waals surface area contributed by atoms with Crippen LogP contribution in [0.3, 0.4) is 0 Å². The number of nitrogens with one attached hydrogen (secondary N) is 1. The number of nitrogens with zero attached hydrogens (tertiary/aromatic N) is 1. The number of amides is 2. The molecule has 0 fully saturated rings. The maximum atomic E-state index is 13.0. The molecule has 3 rings (SSSR count). The first kappa shape index (κ1) is 19.1. The van der Waals surface area contributed by atoms with Crippen LogP contribution in [0.4, 0.5) is 5.69 Å². The Morgan fingerprint density at radius 1 is 1.00 bits per heavy atom. The van der Waals surface area contributed by atoms with Gasteiger partial charge in [-0.25, -0.2) is 0 Å². The molecule has 0 saturated carbocycles. The molecule has 140 valence electrons. The highest BCUT2D eigenvalue weighted by molar-refractivity contribution is 6.36. The highest BCUT2D eigenvalue weighted by atomic mass is 35.5. The van der Waals surface area contributed by atoms with Crippen LogP contribution in [0.1, 0.15) is 18.9 Å². The van der Waals surface area contributed by atoms with E-state index >= 15 is 0 Å². The minimum atomic E-state index is -0.328. The number of carbonyl (C=O) groups excluding carboxylic acids is 2. The third-order valence-electron chi connectivity index (χ3n) is 4.22. The molecule has 1 heterocycles. The van der Waals surface area contributed by atoms with Crippen LogP contribution < -0.4 is 5.32 Å². The van der Waals surface area contributed by atoms with Crippen molar-refractivity contribution >= 4 is 34.7 Å². The monoisotopic (exact) mass is 384 g/mol. The van der Waals surface area contributed by atoms with Gasteiger partial charge in [-0.1, -0.05) is 41.9 Å². The summed E-state index contributed by atoms with van der Waals surface area (Å²) in [6.07, 6.45) is 0.595. The number of hydrogen-bond donors (Lipinski definition) is 1. The molecule has 0 aromatic heterocycles. The van der Waals surface area contributed by atoms with E-state index < -0.39 is 0 Å². The van der Waals surface area contributed by atoms with E-state index in [1.807, 2.05) is 37.3 Å². The highest BCUT2D eigenvalue weighted by Gasteiger charge is 2.38. The predicted octanol–water partition coefficient (Wildman–Crippen LogP) is 3.96. The summed E-state index contributed by atoms with van der Waals surface area (Å²) in [5.41, 5.74) is 2.04. The van der Waals surface area contributed by atoms with Gasteiger partial charge in [0, 0.05) is 30.5 Å². The average Bonchev–Trinajstić information content (AvgIpc) is 2.91. The summed E-state index contributed by atoms with van der Waals surface area (Å²) >= 11 is 5.97. The second-order valence-corrected chi connectivity index (χ2v) is 6.50. The molecule has 0 bridgehead atoms. The Bertz CT molecular complexity index is 847. The van der Waals surface area contributed by atoms with E-state index in [1.54, 1.807) is 24.3 Å². The fourth-order valence-electron chi connectivity index (χ4n) is 2.91. The number of benzene rings is 2. The Balaban J connectivity index is 1.92. The lowest BCUT2D eigenvalue weighted by Crippen LogP contribution is -2.34. The highest BCUT2D eigenvalue weighted by Crippen LogP contribution is 2.31. The predicted molar refractivity (Wildman–Crippen MR) is 106 cm³/mol. The summed E-state index contributed by atoms with van der Waals surface area (Å²) < 4.78 is 5.32. The first-order chi connectivity index (χ1) is 13.1. The van der Waals surface area contributed by atoms with E-state index in [-0.39, 0.29) is 17.5 Å². The van der Waals surface area contributed by atoms with Gasteiger partial charge in [0.25, 0.3) is 11.8 Å². The third kappa shape index (κ3) is 4.38. The maximum Gasteiger partial charge on any atom is 0.278 e. The molecule has 1 aliphatic heterocycles. The van der Waals surface area contributed by atoms with Crippen molar-refractivity contribution in [3.63, 3.8) is 0 Å². The zero-order chi connectivity index (χ0) is 19.2. The van der Waals surface area contributed by atoms with Gasteiger partial charge in [0.1, 0.15) is 5.70 Å². The number of carbonyl (C=O) groups is 2. The molecular weight excluding hydrogens is 364 g/mol. The lowest BCUT2D eigenvalue weighted by molar-refractivity contribution is -0.137. The Kier molecular flexibility index (Phi) is 6.27. The molecule has 2 aromatic rings. The molecule has 0 radical (unpaired) electrons. The van der Waals surface area contributed by atoms with Gasteiger partial charge in [0.05, 0.1) is 5.57 Å². The molecule has 0 spiro atoms. The third-order valence-corrected chi connectivity index (χ3v) is 4.47. The first-order valence-corrected chi connectivity index (χ1v) is 9.26. The summed E-state index contributed by atoms with van der Waals surface area (Å²) in [5.74, 6) is -0.637. The molecule has 1 N–H and O–H groups in total. The number of rotatable bonds is 8. The standard InChI is InChI=1S/C21H21ClN2O3/c1-2-27-14-6-13-24-20(25)18(15-9-11-16(22)12-10-15)19(21(24)26)23-17-7-4-3-5-8-17/h3-5,7-12,23H,2,6,13-14H2,1H3. The number of hydrogen-bond acceptors (Lipinski definition) is 4. The van der Waals surface area contributed by atoms with E-state index in [0.717, 1.165) is 5.69 Å². The SMILES string of the molecule is CCOCCCN1C(=O)C(Nc2ccccc2)=C(c2ccc(Cl)cc2)C1=O. The maximum absolute atomic E-state index is 13.0. The van der Waals surface area contributed by atoms with E-state index in [1.165, 1.54) is 4.90 Å². The van der Waals surface area contributed by atoms with Crippen LogP contribution in [0.2, 0.25) is 5.02 Å². The van der Waals surface area contributed by atoms with Crippen LogP contribution in [0, 0.1) is 0 Å². The molecule has 6 heteroatoms. The summed E-state index contributed by atoms with van der Waals surface area (Å²) in [7, 11) is 0. The van der Waals surface area contributed by atoms with E-state index in [9.17, 15) is 9.59 Å². The molecular formula is C21H21ClN2O3. The summed E-state index contributed by atoms with van der Waals surface area (Å²) in [4.78, 5) is 27.2. The van der Waals surface area contributed by atoms with Crippen LogP contribution in [0.5, 0.6) is 0 Å². The zero-order valence-electron chi connectivity index (χ0n) is 15.1. The normalized spacial score (nSPS) is 14.2. The largest absolute Gasteiger partial charge is 0.382 e. The Morgan fingerprint density at radius 2 is 1.70 bits per heavy atom. The number of imide groups is 1. The van der Waals surface area contributed by atoms with Crippen molar-refractivity contribution < 1.29 is 14.3 Å². The van der Waals surface area contributed by atoms with Gasteiger partial charge in [0.15, 0.2) is 0 Å². The second kappa shape index (κ2) is 8.84. The molecule has 0 aliphatic carbocycles. The van der Waals surface area contributed by atoms with Crippen molar-refractivity contribution in [3.8, 4) is 0 Å². The molecule has 1 aliphatic rings. The lowest BCUT2D eigenvalue weighted by atomic mass is 10.0.